The van der Waals surface area contributed by atoms with Crippen LogP contribution >= 0.6 is 0 Å². The van der Waals surface area contributed by atoms with Gasteiger partial charge in [-0.25, -0.2) is 5.43 Å². The number of ether oxygens (including phenoxy) is 2. The molecule has 0 spiro atoms. The number of carboxylic acids is 1. The van der Waals surface area contributed by atoms with E-state index in [1.54, 1.807) is 18.2 Å². The van der Waals surface area contributed by atoms with Crippen LogP contribution in [0.25, 0.3) is 0 Å². The first kappa shape index (κ1) is 17.5. The second-order valence-electron chi connectivity index (χ2n) is 5.66. The molecule has 2 N–H and O–H groups in total. The van der Waals surface area contributed by atoms with E-state index < -0.39 is 18.0 Å². The molecule has 1 amide bonds. The average molecular weight is 354 g/mol. The molecule has 3 rings (SSSR count). The van der Waals surface area contributed by atoms with Gasteiger partial charge in [-0.2, -0.15) is 5.10 Å². The van der Waals surface area contributed by atoms with Gasteiger partial charge in [0.25, 0.3) is 5.91 Å². The molecule has 1 aliphatic heterocycles. The third kappa shape index (κ3) is 4.38. The van der Waals surface area contributed by atoms with E-state index in [2.05, 4.69) is 10.5 Å². The summed E-state index contributed by atoms with van der Waals surface area (Å²) in [5.74, 6) is -0.299. The molecule has 26 heavy (non-hydrogen) atoms. The van der Waals surface area contributed by atoms with Crippen LogP contribution in [0.5, 0.6) is 11.5 Å². The Morgan fingerprint density at radius 2 is 1.73 bits per heavy atom. The number of rotatable bonds is 6. The van der Waals surface area contributed by atoms with E-state index in [4.69, 9.17) is 14.6 Å². The van der Waals surface area contributed by atoms with Gasteiger partial charge in [0, 0.05) is 6.42 Å². The number of benzene rings is 2. The Morgan fingerprint density at radius 1 is 1.04 bits per heavy atom. The highest BCUT2D eigenvalue weighted by Crippen LogP contribution is 2.30. The minimum Gasteiger partial charge on any atom is -0.485 e. The van der Waals surface area contributed by atoms with E-state index in [0.717, 1.165) is 5.56 Å². The molecule has 0 radical (unpaired) electrons. The maximum absolute atomic E-state index is 12.3. The highest BCUT2D eigenvalue weighted by molar-refractivity contribution is 6.02. The Balaban J connectivity index is 1.69. The largest absolute Gasteiger partial charge is 0.485 e. The van der Waals surface area contributed by atoms with Gasteiger partial charge >= 0.3 is 5.97 Å². The Labute approximate surface area is 150 Å². The molecule has 7 nitrogen and oxygen atoms in total. The Kier molecular flexibility index (Phi) is 5.48. The van der Waals surface area contributed by atoms with Crippen molar-refractivity contribution in [3.63, 3.8) is 0 Å². The van der Waals surface area contributed by atoms with Gasteiger partial charge in [-0.15, -0.1) is 0 Å². The van der Waals surface area contributed by atoms with Crippen molar-refractivity contribution in [2.75, 3.05) is 6.61 Å². The third-order valence-electron chi connectivity index (χ3n) is 3.78. The maximum Gasteiger partial charge on any atom is 0.303 e. The van der Waals surface area contributed by atoms with Crippen molar-refractivity contribution in [1.29, 1.82) is 0 Å². The van der Waals surface area contributed by atoms with Gasteiger partial charge in [-0.3, -0.25) is 9.59 Å². The summed E-state index contributed by atoms with van der Waals surface area (Å²) in [6.45, 7) is 0.0775. The monoisotopic (exact) mass is 354 g/mol. The summed E-state index contributed by atoms with van der Waals surface area (Å²) in [4.78, 5) is 23.2. The summed E-state index contributed by atoms with van der Waals surface area (Å²) < 4.78 is 11.1. The Bertz CT molecular complexity index is 820. The highest BCUT2D eigenvalue weighted by atomic mass is 16.6. The van der Waals surface area contributed by atoms with Crippen molar-refractivity contribution in [3.05, 3.63) is 60.2 Å². The number of hydrogen-bond donors (Lipinski definition) is 2. The van der Waals surface area contributed by atoms with Crippen LogP contribution in [-0.4, -0.2) is 35.4 Å². The van der Waals surface area contributed by atoms with Crippen LogP contribution in [0, 0.1) is 0 Å². The second kappa shape index (κ2) is 8.15. The number of hydrazone groups is 1. The summed E-state index contributed by atoms with van der Waals surface area (Å²) in [5, 5.41) is 13.0. The van der Waals surface area contributed by atoms with Crippen LogP contribution < -0.4 is 14.9 Å². The number of carbonyl (C=O) groups excluding carboxylic acids is 1. The molecule has 1 atom stereocenters. The molecule has 134 valence electrons. The molecule has 2 aromatic carbocycles. The van der Waals surface area contributed by atoms with E-state index >= 15 is 0 Å². The predicted octanol–water partition coefficient (Wildman–Crippen LogP) is 2.21. The Hall–Kier alpha value is -3.35. The molecule has 0 aromatic heterocycles. The molecule has 0 aliphatic carbocycles. The second-order valence-corrected chi connectivity index (χ2v) is 5.66. The lowest BCUT2D eigenvalue weighted by atomic mass is 10.1. The molecular formula is C19H18N2O5. The first-order valence-corrected chi connectivity index (χ1v) is 8.15. The lowest BCUT2D eigenvalue weighted by Crippen LogP contribution is -2.42. The molecule has 2 aromatic rings. The van der Waals surface area contributed by atoms with E-state index in [-0.39, 0.29) is 19.4 Å². The maximum atomic E-state index is 12.3. The van der Waals surface area contributed by atoms with E-state index in [1.165, 1.54) is 0 Å². The lowest BCUT2D eigenvalue weighted by Gasteiger charge is -2.24. The quantitative estimate of drug-likeness (QED) is 0.612. The minimum absolute atomic E-state index is 0.0775. The number of aliphatic carboxylic acids is 1. The number of carbonyl (C=O) groups is 2. The summed E-state index contributed by atoms with van der Waals surface area (Å²) in [6, 6.07) is 16.2. The third-order valence-corrected chi connectivity index (χ3v) is 3.78. The SMILES string of the molecule is O=C(O)CCC(=NNC(=O)C1COc2ccccc2O1)c1ccccc1. The number of carboxylic acid groups (broad SMARTS) is 1. The fourth-order valence-corrected chi connectivity index (χ4v) is 2.46. The van der Waals surface area contributed by atoms with Gasteiger partial charge in [-0.1, -0.05) is 42.5 Å². The van der Waals surface area contributed by atoms with E-state index in [9.17, 15) is 9.59 Å². The Morgan fingerprint density at radius 3 is 2.46 bits per heavy atom. The predicted molar refractivity (Wildman–Crippen MR) is 94.3 cm³/mol. The zero-order valence-corrected chi connectivity index (χ0v) is 13.9. The number of nitrogens with zero attached hydrogens (tertiary/aromatic N) is 1. The fraction of sp³-hybridized carbons (Fsp3) is 0.211. The van der Waals surface area contributed by atoms with Crippen LogP contribution in [0.3, 0.4) is 0 Å². The van der Waals surface area contributed by atoms with Gasteiger partial charge in [0.15, 0.2) is 11.5 Å². The molecule has 1 aliphatic rings. The molecule has 0 saturated heterocycles. The normalized spacial score (nSPS) is 16.0. The smallest absolute Gasteiger partial charge is 0.303 e. The molecule has 0 fully saturated rings. The van der Waals surface area contributed by atoms with Crippen molar-refractivity contribution in [2.45, 2.75) is 18.9 Å². The molecule has 7 heteroatoms. The van der Waals surface area contributed by atoms with Gasteiger partial charge in [0.05, 0.1) is 12.1 Å². The first-order chi connectivity index (χ1) is 12.6. The molecule has 0 saturated carbocycles. The van der Waals surface area contributed by atoms with Gasteiger partial charge in [0.2, 0.25) is 6.10 Å². The van der Waals surface area contributed by atoms with Crippen molar-refractivity contribution >= 4 is 17.6 Å². The van der Waals surface area contributed by atoms with Gasteiger partial charge < -0.3 is 14.6 Å². The number of para-hydroxylation sites is 2. The zero-order chi connectivity index (χ0) is 18.4. The summed E-state index contributed by atoms with van der Waals surface area (Å²) in [6.07, 6.45) is -0.713. The zero-order valence-electron chi connectivity index (χ0n) is 13.9. The van der Waals surface area contributed by atoms with Crippen molar-refractivity contribution in [3.8, 4) is 11.5 Å². The number of amides is 1. The van der Waals surface area contributed by atoms with Gasteiger partial charge in [-0.05, 0) is 17.7 Å². The van der Waals surface area contributed by atoms with Crippen LogP contribution in [0.4, 0.5) is 0 Å². The van der Waals surface area contributed by atoms with E-state index in [1.807, 2.05) is 36.4 Å². The minimum atomic E-state index is -0.930. The van der Waals surface area contributed by atoms with Crippen molar-refractivity contribution in [2.24, 2.45) is 5.10 Å². The number of fused-ring (bicyclic) bond motifs is 1. The topological polar surface area (TPSA) is 97.2 Å². The highest BCUT2D eigenvalue weighted by Gasteiger charge is 2.27. The summed E-state index contributed by atoms with van der Waals surface area (Å²) in [5.41, 5.74) is 3.69. The molecule has 1 heterocycles. The average Bonchev–Trinajstić information content (AvgIpc) is 2.68. The summed E-state index contributed by atoms with van der Waals surface area (Å²) >= 11 is 0. The van der Waals surface area contributed by atoms with Gasteiger partial charge in [0.1, 0.15) is 6.61 Å². The summed E-state index contributed by atoms with van der Waals surface area (Å²) in [7, 11) is 0. The first-order valence-electron chi connectivity index (χ1n) is 8.15. The van der Waals surface area contributed by atoms with Crippen LogP contribution in [-0.2, 0) is 9.59 Å². The molecular weight excluding hydrogens is 336 g/mol. The molecule has 1 unspecified atom stereocenters. The van der Waals surface area contributed by atoms with Crippen LogP contribution in [0.2, 0.25) is 0 Å². The molecule has 0 bridgehead atoms. The fourth-order valence-electron chi connectivity index (χ4n) is 2.46. The number of nitrogens with one attached hydrogen (secondary N) is 1. The van der Waals surface area contributed by atoms with E-state index in [0.29, 0.717) is 17.2 Å². The van der Waals surface area contributed by atoms with Crippen LogP contribution in [0.15, 0.2) is 59.7 Å². The van der Waals surface area contributed by atoms with Crippen molar-refractivity contribution < 1.29 is 24.2 Å². The lowest BCUT2D eigenvalue weighted by molar-refractivity contribution is -0.136. The standard InChI is InChI=1S/C19H18N2O5/c22-18(23)11-10-14(13-6-2-1-3-7-13)20-21-19(24)17-12-25-15-8-4-5-9-16(15)26-17/h1-9,17H,10-12H2,(H,21,24)(H,22,23). The van der Waals surface area contributed by atoms with Crippen LogP contribution in [0.1, 0.15) is 18.4 Å². The van der Waals surface area contributed by atoms with Crippen molar-refractivity contribution in [1.82, 2.24) is 5.43 Å². The number of hydrogen-bond acceptors (Lipinski definition) is 5.